The van der Waals surface area contributed by atoms with Crippen molar-refractivity contribution in [2.24, 2.45) is 0 Å². The van der Waals surface area contributed by atoms with Gasteiger partial charge in [-0.15, -0.1) is 0 Å². The van der Waals surface area contributed by atoms with E-state index in [0.717, 1.165) is 0 Å². The molecule has 0 saturated carbocycles. The highest BCUT2D eigenvalue weighted by atomic mass is 79.9. The first-order valence-corrected chi connectivity index (χ1v) is 6.42. The minimum Gasteiger partial charge on any atom is -0.395 e. The van der Waals surface area contributed by atoms with Crippen molar-refractivity contribution >= 4 is 33.2 Å². The summed E-state index contributed by atoms with van der Waals surface area (Å²) in [5.41, 5.74) is 6.47. The van der Waals surface area contributed by atoms with E-state index < -0.39 is 6.10 Å². The Bertz CT molecular complexity index is 383. The number of nitrogens with two attached hydrogens (primary N) is 1. The quantitative estimate of drug-likeness (QED) is 0.748. The van der Waals surface area contributed by atoms with E-state index in [4.69, 9.17) is 17.3 Å². The largest absolute Gasteiger partial charge is 0.395 e. The molecule has 1 unspecified atom stereocenters. The molecule has 0 bridgehead atoms. The van der Waals surface area contributed by atoms with Crippen LogP contribution in [0.25, 0.3) is 0 Å². The van der Waals surface area contributed by atoms with Crippen molar-refractivity contribution in [3.63, 3.8) is 0 Å². The van der Waals surface area contributed by atoms with E-state index in [-0.39, 0.29) is 10.7 Å². The van der Waals surface area contributed by atoms with Crippen LogP contribution in [-0.2, 0) is 0 Å². The van der Waals surface area contributed by atoms with E-state index >= 15 is 0 Å². The third kappa shape index (κ3) is 4.43. The van der Waals surface area contributed by atoms with E-state index in [9.17, 15) is 5.11 Å². The van der Waals surface area contributed by atoms with Crippen molar-refractivity contribution in [2.75, 3.05) is 12.3 Å². The fourth-order valence-electron chi connectivity index (χ4n) is 1.19. The summed E-state index contributed by atoms with van der Waals surface area (Å²) in [5.74, 6) is 0. The van der Waals surface area contributed by atoms with Gasteiger partial charge in [-0.2, -0.15) is 0 Å². The maximum Gasteiger partial charge on any atom is 0.153 e. The van der Waals surface area contributed by atoms with Gasteiger partial charge in [0.15, 0.2) is 5.15 Å². The van der Waals surface area contributed by atoms with Crippen LogP contribution in [0.5, 0.6) is 0 Å². The normalized spacial score (nSPS) is 13.8. The first-order chi connectivity index (χ1) is 7.70. The zero-order chi connectivity index (χ0) is 13.2. The van der Waals surface area contributed by atoms with E-state index in [1.54, 1.807) is 6.07 Å². The van der Waals surface area contributed by atoms with E-state index in [1.165, 1.54) is 0 Å². The molecule has 0 radical (unpaired) electrons. The molecule has 0 aliphatic heterocycles. The number of aliphatic hydroxyl groups excluding tert-OH is 1. The minimum absolute atomic E-state index is 0.0597. The number of aliphatic hydroxyl groups is 1. The van der Waals surface area contributed by atoms with Crippen LogP contribution in [0, 0.1) is 0 Å². The molecule has 17 heavy (non-hydrogen) atoms. The van der Waals surface area contributed by atoms with Gasteiger partial charge in [-0.05, 0) is 42.8 Å². The van der Waals surface area contributed by atoms with E-state index in [2.05, 4.69) is 26.2 Å². The van der Waals surface area contributed by atoms with Crippen molar-refractivity contribution in [2.45, 2.75) is 32.4 Å². The second-order valence-corrected chi connectivity index (χ2v) is 6.09. The van der Waals surface area contributed by atoms with Crippen LogP contribution in [0.4, 0.5) is 5.69 Å². The van der Waals surface area contributed by atoms with Crippen molar-refractivity contribution < 1.29 is 5.11 Å². The van der Waals surface area contributed by atoms with Gasteiger partial charge < -0.3 is 16.2 Å². The Labute approximate surface area is 115 Å². The predicted molar refractivity (Wildman–Crippen MR) is 74.1 cm³/mol. The lowest BCUT2D eigenvalue weighted by atomic mass is 10.1. The predicted octanol–water partition coefficient (Wildman–Crippen LogP) is 2.50. The minimum atomic E-state index is -0.719. The lowest BCUT2D eigenvalue weighted by molar-refractivity contribution is 0.159. The number of anilines is 1. The zero-order valence-corrected chi connectivity index (χ0v) is 12.4. The topological polar surface area (TPSA) is 71.2 Å². The molecule has 0 spiro atoms. The summed E-state index contributed by atoms with van der Waals surface area (Å²) in [4.78, 5) is 4.05. The van der Waals surface area contributed by atoms with Gasteiger partial charge >= 0.3 is 0 Å². The molecule has 1 rings (SSSR count). The highest BCUT2D eigenvalue weighted by Crippen LogP contribution is 2.28. The van der Waals surface area contributed by atoms with Crippen molar-refractivity contribution in [3.8, 4) is 0 Å². The van der Waals surface area contributed by atoms with Crippen LogP contribution in [0.2, 0.25) is 5.15 Å². The SMILES string of the molecule is CC(C)(C)NCC(O)c1cc(Br)c(N)c(Cl)n1. The van der Waals surface area contributed by atoms with Gasteiger partial charge in [-0.3, -0.25) is 0 Å². The molecule has 0 amide bonds. The molecule has 96 valence electrons. The second kappa shape index (κ2) is 5.52. The van der Waals surface area contributed by atoms with Crippen LogP contribution in [-0.4, -0.2) is 22.2 Å². The molecule has 1 atom stereocenters. The fraction of sp³-hybridized carbons (Fsp3) is 0.545. The highest BCUT2D eigenvalue weighted by molar-refractivity contribution is 9.10. The molecule has 1 aromatic heterocycles. The van der Waals surface area contributed by atoms with Crippen LogP contribution >= 0.6 is 27.5 Å². The summed E-state index contributed by atoms with van der Waals surface area (Å²) < 4.78 is 0.641. The summed E-state index contributed by atoms with van der Waals surface area (Å²) in [6.45, 7) is 6.49. The molecular formula is C11H17BrClN3O. The highest BCUT2D eigenvalue weighted by Gasteiger charge is 2.16. The first kappa shape index (κ1) is 14.7. The van der Waals surface area contributed by atoms with E-state index in [0.29, 0.717) is 22.4 Å². The van der Waals surface area contributed by atoms with Crippen molar-refractivity contribution in [3.05, 3.63) is 21.4 Å². The van der Waals surface area contributed by atoms with Gasteiger partial charge in [0.2, 0.25) is 0 Å². The molecule has 0 fully saturated rings. The van der Waals surface area contributed by atoms with Crippen LogP contribution in [0.1, 0.15) is 32.6 Å². The second-order valence-electron chi connectivity index (χ2n) is 4.88. The van der Waals surface area contributed by atoms with Crippen LogP contribution < -0.4 is 11.1 Å². The molecule has 1 aromatic rings. The molecule has 0 aliphatic carbocycles. The molecule has 4 nitrogen and oxygen atoms in total. The zero-order valence-electron chi connectivity index (χ0n) is 10.1. The van der Waals surface area contributed by atoms with Gasteiger partial charge in [-0.1, -0.05) is 11.6 Å². The Morgan fingerprint density at radius 2 is 2.18 bits per heavy atom. The number of β-amino-alcohol motifs (C(OH)–C–C–N with tert-alkyl or cyclic N) is 1. The Morgan fingerprint density at radius 3 is 2.65 bits per heavy atom. The first-order valence-electron chi connectivity index (χ1n) is 5.25. The maximum absolute atomic E-state index is 9.98. The Balaban J connectivity index is 2.79. The van der Waals surface area contributed by atoms with Gasteiger partial charge in [0.1, 0.15) is 6.10 Å². The molecule has 0 saturated heterocycles. The van der Waals surface area contributed by atoms with Gasteiger partial charge in [-0.25, -0.2) is 4.98 Å². The smallest absolute Gasteiger partial charge is 0.153 e. The monoisotopic (exact) mass is 321 g/mol. The number of aromatic nitrogens is 1. The number of nitrogens with one attached hydrogen (secondary N) is 1. The van der Waals surface area contributed by atoms with Crippen LogP contribution in [0.3, 0.4) is 0 Å². The van der Waals surface area contributed by atoms with Gasteiger partial charge in [0, 0.05) is 16.6 Å². The number of rotatable bonds is 3. The standard InChI is InChI=1S/C11H17BrClN3O/c1-11(2,3)15-5-8(17)7-4-6(12)9(14)10(13)16-7/h4,8,15,17H,5,14H2,1-3H3. The third-order valence-corrected chi connectivity index (χ3v) is 3.09. The lowest BCUT2D eigenvalue weighted by Gasteiger charge is -2.22. The summed E-state index contributed by atoms with van der Waals surface area (Å²) in [7, 11) is 0. The van der Waals surface area contributed by atoms with Crippen molar-refractivity contribution in [1.29, 1.82) is 0 Å². The van der Waals surface area contributed by atoms with Crippen molar-refractivity contribution in [1.82, 2.24) is 10.3 Å². The Morgan fingerprint density at radius 1 is 1.59 bits per heavy atom. The van der Waals surface area contributed by atoms with Gasteiger partial charge in [0.05, 0.1) is 11.4 Å². The molecule has 1 heterocycles. The molecule has 6 heteroatoms. The molecule has 4 N–H and O–H groups in total. The molecule has 0 aliphatic rings. The summed E-state index contributed by atoms with van der Waals surface area (Å²) >= 11 is 9.13. The maximum atomic E-state index is 9.98. The average Bonchev–Trinajstić information content (AvgIpc) is 2.20. The summed E-state index contributed by atoms with van der Waals surface area (Å²) in [6.07, 6.45) is -0.719. The number of pyridine rings is 1. The number of nitrogen functional groups attached to an aromatic ring is 1. The molecular weight excluding hydrogens is 305 g/mol. The lowest BCUT2D eigenvalue weighted by Crippen LogP contribution is -2.38. The fourth-order valence-corrected chi connectivity index (χ4v) is 1.93. The Hall–Kier alpha value is -0.360. The number of hydrogen-bond acceptors (Lipinski definition) is 4. The average molecular weight is 323 g/mol. The molecule has 0 aromatic carbocycles. The number of hydrogen-bond donors (Lipinski definition) is 3. The van der Waals surface area contributed by atoms with Gasteiger partial charge in [0.25, 0.3) is 0 Å². The third-order valence-electron chi connectivity index (χ3n) is 2.15. The summed E-state index contributed by atoms with van der Waals surface area (Å²) in [5, 5.41) is 13.4. The van der Waals surface area contributed by atoms with E-state index in [1.807, 2.05) is 20.8 Å². The Kier molecular flexibility index (Phi) is 4.77. The summed E-state index contributed by atoms with van der Waals surface area (Å²) in [6, 6.07) is 1.68. The number of nitrogens with zero attached hydrogens (tertiary/aromatic N) is 1. The number of halogens is 2. The van der Waals surface area contributed by atoms with Crippen LogP contribution in [0.15, 0.2) is 10.5 Å².